The van der Waals surface area contributed by atoms with Gasteiger partial charge in [0.25, 0.3) is 5.91 Å². The number of ether oxygens (including phenoxy) is 27. The van der Waals surface area contributed by atoms with Crippen molar-refractivity contribution in [2.45, 2.75) is 39.8 Å². The Morgan fingerprint density at radius 2 is 0.540 bits per heavy atom. The monoisotopic (exact) mass is 1780 g/mol. The number of benzene rings is 5. The zero-order valence-corrected chi connectivity index (χ0v) is 75.2. The van der Waals surface area contributed by atoms with Gasteiger partial charge in [-0.05, 0) is 110 Å². The molecular formula is C90H133N3O33. The van der Waals surface area contributed by atoms with Gasteiger partial charge in [-0.1, -0.05) is 64.7 Å². The summed E-state index contributed by atoms with van der Waals surface area (Å²) in [4.78, 5) is 87.9. The zero-order valence-electron chi connectivity index (χ0n) is 75.2. The molecule has 5 aromatic rings. The van der Waals surface area contributed by atoms with Crippen LogP contribution in [0.3, 0.4) is 0 Å². The van der Waals surface area contributed by atoms with Crippen molar-refractivity contribution in [3.8, 4) is 34.5 Å². The van der Waals surface area contributed by atoms with Crippen LogP contribution in [0.4, 0.5) is 0 Å². The summed E-state index contributed by atoms with van der Waals surface area (Å²) >= 11 is 0. The van der Waals surface area contributed by atoms with E-state index in [-0.39, 0.29) is 255 Å². The number of esters is 5. The molecule has 5 rings (SSSR count). The van der Waals surface area contributed by atoms with Gasteiger partial charge in [0.2, 0.25) is 11.5 Å². The fraction of sp³-hybridized carbons (Fsp3) is 0.600. The van der Waals surface area contributed by atoms with Crippen LogP contribution in [-0.2, 0) is 116 Å². The minimum Gasteiger partial charge on any atom is -0.487 e. The van der Waals surface area contributed by atoms with Gasteiger partial charge in [-0.3, -0.25) is 24.2 Å². The molecule has 0 saturated carbocycles. The Labute approximate surface area is 740 Å². The number of rotatable bonds is 77. The number of carbonyl (C=O) groups is 6. The maximum Gasteiger partial charge on any atom is 0.338 e. The smallest absolute Gasteiger partial charge is 0.338 e. The molecule has 0 atom stereocenters. The first-order valence-electron chi connectivity index (χ1n) is 42.0. The highest BCUT2D eigenvalue weighted by Crippen LogP contribution is 2.41. The SMILES string of the molecule is COCCOCCOCCOc1cc(C(=O)NC(COC(=O)c2cc(C)cc(C)c2)(COC(=O)c2cc(C)cc(C)c2)COC(=O)c2cc(OCCOCCOCCOC(=O)CN(C)C)c(OCCOCCOCCOCc3ccccc3)c(OCCOCCOCCOC(=O)CN(C)C)c2)cc(OCCOCCOCCOC)c1OCCOCCOCCOC. The molecule has 0 bridgehead atoms. The first-order valence-corrected chi connectivity index (χ1v) is 42.0. The Bertz CT molecular complexity index is 3600. The lowest BCUT2D eigenvalue weighted by Gasteiger charge is -2.33. The van der Waals surface area contributed by atoms with Crippen molar-refractivity contribution in [3.05, 3.63) is 141 Å². The predicted octanol–water partition coefficient (Wildman–Crippen LogP) is 6.80. The molecule has 1 N–H and O–H groups in total. The Morgan fingerprint density at radius 1 is 0.286 bits per heavy atom. The molecule has 0 heterocycles. The Balaban J connectivity index is 1.60. The van der Waals surface area contributed by atoms with Gasteiger partial charge in [0.05, 0.1) is 221 Å². The minimum atomic E-state index is -2.19. The standard InChI is InChI=1S/C90H133N3O33/c1-69-53-70(2)56-75(55-69)87(97)124-66-90(67-125-88(98)76-57-71(3)54-72(4)58-76,91-86(96)74-59-78(116-45-37-107-27-23-103-20-17-100-9)84(122-51-43-113-29-25-105-22-19-102-11)79(60-74)117-46-38-108-28-24-104-21-18-101-10)68-126-89(99)77-61-80(118-47-39-109-31-33-111-41-49-120-82(94)63-92(5)6)85(123-52-44-114-30-26-106-35-36-115-65-73-15-13-12-14-16-73)81(62-77)119-48-40-110-32-34-112-42-50-121-83(95)64-93(7)8/h12-16,53-62H,17-52,63-68H2,1-11H3,(H,91,96). The summed E-state index contributed by atoms with van der Waals surface area (Å²) in [6.07, 6.45) is 0. The van der Waals surface area contributed by atoms with Crippen molar-refractivity contribution in [1.82, 2.24) is 15.1 Å². The summed E-state index contributed by atoms with van der Waals surface area (Å²) in [6.45, 7) is 10.9. The third-order valence-corrected chi connectivity index (χ3v) is 17.0. The molecule has 706 valence electrons. The molecule has 0 spiro atoms. The number of carbonyl (C=O) groups excluding carboxylic acids is 6. The number of methoxy groups -OCH3 is 3. The number of amides is 1. The average molecular weight is 1790 g/mol. The molecule has 5 aromatic carbocycles. The predicted molar refractivity (Wildman–Crippen MR) is 459 cm³/mol. The van der Waals surface area contributed by atoms with Gasteiger partial charge in [0, 0.05) is 26.9 Å². The molecule has 36 heteroatoms. The summed E-state index contributed by atoms with van der Waals surface area (Å²) < 4.78 is 158. The van der Waals surface area contributed by atoms with Gasteiger partial charge in [0.1, 0.15) is 78.2 Å². The molecular weight excluding hydrogens is 1650 g/mol. The van der Waals surface area contributed by atoms with Crippen LogP contribution in [0.1, 0.15) is 69.2 Å². The molecule has 126 heavy (non-hydrogen) atoms. The van der Waals surface area contributed by atoms with Gasteiger partial charge in [-0.2, -0.15) is 0 Å². The van der Waals surface area contributed by atoms with Crippen molar-refractivity contribution in [2.75, 3.05) is 320 Å². The Morgan fingerprint density at radius 3 is 0.833 bits per heavy atom. The van der Waals surface area contributed by atoms with E-state index in [0.29, 0.717) is 59.5 Å². The lowest BCUT2D eigenvalue weighted by Crippen LogP contribution is -2.59. The number of nitrogens with zero attached hydrogens (tertiary/aromatic N) is 2. The van der Waals surface area contributed by atoms with Gasteiger partial charge in [-0.25, -0.2) is 14.4 Å². The number of aryl methyl sites for hydroxylation is 4. The summed E-state index contributed by atoms with van der Waals surface area (Å²) in [5.41, 5.74) is 1.75. The highest BCUT2D eigenvalue weighted by atomic mass is 16.6. The second kappa shape index (κ2) is 67.3. The minimum absolute atomic E-state index is 0.00553. The van der Waals surface area contributed by atoms with Crippen molar-refractivity contribution in [1.29, 1.82) is 0 Å². The van der Waals surface area contributed by atoms with Crippen LogP contribution in [0.25, 0.3) is 0 Å². The molecule has 0 fully saturated rings. The third kappa shape index (κ3) is 48.8. The van der Waals surface area contributed by atoms with E-state index >= 15 is 9.59 Å². The van der Waals surface area contributed by atoms with Crippen LogP contribution in [0.2, 0.25) is 0 Å². The zero-order chi connectivity index (χ0) is 90.9. The fourth-order valence-corrected chi connectivity index (χ4v) is 11.2. The quantitative estimate of drug-likeness (QED) is 0.0237. The van der Waals surface area contributed by atoms with E-state index in [1.807, 2.05) is 70.2 Å². The second-order valence-corrected chi connectivity index (χ2v) is 28.7. The molecule has 0 radical (unpaired) electrons. The Kier molecular flexibility index (Phi) is 57.4. The molecule has 0 aliphatic carbocycles. The normalized spacial score (nSPS) is 11.4. The summed E-state index contributed by atoms with van der Waals surface area (Å²) in [7, 11) is 11.7. The van der Waals surface area contributed by atoms with E-state index in [9.17, 15) is 19.2 Å². The number of hydrogen-bond acceptors (Lipinski definition) is 35. The molecule has 0 aliphatic heterocycles. The maximum atomic E-state index is 15.8. The highest BCUT2D eigenvalue weighted by molar-refractivity contribution is 5.97. The maximum absolute atomic E-state index is 15.8. The lowest BCUT2D eigenvalue weighted by molar-refractivity contribution is -0.146. The van der Waals surface area contributed by atoms with Crippen molar-refractivity contribution >= 4 is 35.8 Å². The van der Waals surface area contributed by atoms with E-state index in [0.717, 1.165) is 27.8 Å². The summed E-state index contributed by atoms with van der Waals surface area (Å²) in [6, 6.07) is 25.5. The second-order valence-electron chi connectivity index (χ2n) is 28.7. The van der Waals surface area contributed by atoms with Crippen LogP contribution in [0.15, 0.2) is 91.0 Å². The van der Waals surface area contributed by atoms with Crippen molar-refractivity contribution < 1.29 is 157 Å². The molecule has 1 amide bonds. The summed E-state index contributed by atoms with van der Waals surface area (Å²) in [5, 5.41) is 2.97. The van der Waals surface area contributed by atoms with E-state index < -0.39 is 61.1 Å². The first kappa shape index (κ1) is 108. The molecule has 0 saturated heterocycles. The van der Waals surface area contributed by atoms with E-state index in [1.165, 1.54) is 24.3 Å². The molecule has 36 nitrogen and oxygen atoms in total. The van der Waals surface area contributed by atoms with E-state index in [2.05, 4.69) is 5.32 Å². The van der Waals surface area contributed by atoms with E-state index in [4.69, 9.17) is 128 Å². The number of likely N-dealkylation sites (N-methyl/N-ethyl adjacent to an activating group) is 2. The Hall–Kier alpha value is -9.00. The third-order valence-electron chi connectivity index (χ3n) is 17.0. The summed E-state index contributed by atoms with van der Waals surface area (Å²) in [5.74, 6) is -4.42. The highest BCUT2D eigenvalue weighted by Gasteiger charge is 2.40. The molecule has 0 aromatic heterocycles. The number of nitrogens with one attached hydrogen (secondary N) is 1. The van der Waals surface area contributed by atoms with Gasteiger partial charge >= 0.3 is 29.8 Å². The van der Waals surface area contributed by atoms with Crippen LogP contribution >= 0.6 is 0 Å². The van der Waals surface area contributed by atoms with Crippen LogP contribution in [0, 0.1) is 27.7 Å². The van der Waals surface area contributed by atoms with Crippen molar-refractivity contribution in [2.24, 2.45) is 0 Å². The van der Waals surface area contributed by atoms with Gasteiger partial charge < -0.3 is 133 Å². The average Bonchev–Trinajstić information content (AvgIpc) is 0.798. The fourth-order valence-electron chi connectivity index (χ4n) is 11.2. The van der Waals surface area contributed by atoms with E-state index in [1.54, 1.807) is 83.6 Å². The first-order chi connectivity index (χ1) is 61.2. The number of hydrogen-bond donors (Lipinski definition) is 1. The van der Waals surface area contributed by atoms with Crippen molar-refractivity contribution in [3.63, 3.8) is 0 Å². The molecule has 0 aliphatic rings. The van der Waals surface area contributed by atoms with Gasteiger partial charge in [-0.15, -0.1) is 0 Å². The lowest BCUT2D eigenvalue weighted by atomic mass is 10.0. The van der Waals surface area contributed by atoms with Crippen LogP contribution in [0.5, 0.6) is 34.5 Å². The topological polar surface area (TPSA) is 370 Å². The van der Waals surface area contributed by atoms with Crippen LogP contribution in [-0.4, -0.2) is 371 Å². The molecule has 0 unspecified atom stereocenters. The van der Waals surface area contributed by atoms with Gasteiger partial charge in [0.15, 0.2) is 23.0 Å². The van der Waals surface area contributed by atoms with Crippen LogP contribution < -0.4 is 33.7 Å². The largest absolute Gasteiger partial charge is 0.487 e.